The van der Waals surface area contributed by atoms with Crippen molar-refractivity contribution in [3.8, 4) is 5.75 Å². The molecule has 0 unspecified atom stereocenters. The quantitative estimate of drug-likeness (QED) is 0.849. The third-order valence-electron chi connectivity index (χ3n) is 4.00. The molecule has 20 heavy (non-hydrogen) atoms. The lowest BCUT2D eigenvalue weighted by Crippen LogP contribution is -2.44. The van der Waals surface area contributed by atoms with E-state index in [9.17, 15) is 4.79 Å². The number of rotatable bonds is 3. The second kappa shape index (κ2) is 6.13. The summed E-state index contributed by atoms with van der Waals surface area (Å²) >= 11 is 0. The number of ether oxygens (including phenoxy) is 1. The van der Waals surface area contributed by atoms with Crippen LogP contribution in [0.1, 0.15) is 23.2 Å². The molecular weight excluding hydrogens is 254 g/mol. The van der Waals surface area contributed by atoms with E-state index in [0.29, 0.717) is 23.0 Å². The molecule has 0 aromatic heterocycles. The number of piperidine rings is 1. The molecular formula is C15H23N3O2. The van der Waals surface area contributed by atoms with Gasteiger partial charge in [-0.2, -0.15) is 0 Å². The molecule has 2 rings (SSSR count). The van der Waals surface area contributed by atoms with Gasteiger partial charge in [0.05, 0.1) is 18.4 Å². The van der Waals surface area contributed by atoms with Crippen LogP contribution in [-0.4, -0.2) is 56.0 Å². The van der Waals surface area contributed by atoms with E-state index in [1.165, 1.54) is 0 Å². The fourth-order valence-electron chi connectivity index (χ4n) is 2.66. The van der Waals surface area contributed by atoms with E-state index in [4.69, 9.17) is 10.5 Å². The van der Waals surface area contributed by atoms with Gasteiger partial charge in [0, 0.05) is 19.1 Å². The Morgan fingerprint density at radius 2 is 2.00 bits per heavy atom. The number of para-hydroxylation sites is 1. The highest BCUT2D eigenvalue weighted by Gasteiger charge is 2.26. The van der Waals surface area contributed by atoms with Crippen molar-refractivity contribution in [1.82, 2.24) is 9.80 Å². The molecule has 0 spiro atoms. The van der Waals surface area contributed by atoms with E-state index in [1.54, 1.807) is 25.3 Å². The molecule has 0 bridgehead atoms. The number of anilines is 1. The average molecular weight is 277 g/mol. The number of methoxy groups -OCH3 is 1. The molecule has 110 valence electrons. The number of carbonyl (C=O) groups excluding carboxylic acids is 1. The first kappa shape index (κ1) is 14.7. The molecule has 1 amide bonds. The summed E-state index contributed by atoms with van der Waals surface area (Å²) in [6.45, 7) is 1.55. The topological polar surface area (TPSA) is 58.8 Å². The Bertz CT molecular complexity index is 480. The molecule has 1 aliphatic rings. The van der Waals surface area contributed by atoms with E-state index in [2.05, 4.69) is 19.0 Å². The van der Waals surface area contributed by atoms with E-state index < -0.39 is 0 Å². The van der Waals surface area contributed by atoms with Crippen LogP contribution in [0.25, 0.3) is 0 Å². The van der Waals surface area contributed by atoms with E-state index in [-0.39, 0.29) is 5.91 Å². The maximum atomic E-state index is 12.5. The van der Waals surface area contributed by atoms with Crippen LogP contribution >= 0.6 is 0 Å². The molecule has 0 atom stereocenters. The standard InChI is InChI=1S/C15H23N3O2/c1-17(2)11-7-9-18(10-8-11)15(19)12-5-4-6-13(20-3)14(12)16/h4-6,11H,7-10,16H2,1-3H3. The number of nitrogens with two attached hydrogens (primary N) is 1. The van der Waals surface area contributed by atoms with Crippen molar-refractivity contribution in [2.45, 2.75) is 18.9 Å². The summed E-state index contributed by atoms with van der Waals surface area (Å²) in [5.41, 5.74) is 6.96. The average Bonchev–Trinajstić information content (AvgIpc) is 2.47. The van der Waals surface area contributed by atoms with Gasteiger partial charge in [-0.1, -0.05) is 6.07 Å². The fourth-order valence-corrected chi connectivity index (χ4v) is 2.66. The number of benzene rings is 1. The fraction of sp³-hybridized carbons (Fsp3) is 0.533. The first-order valence-electron chi connectivity index (χ1n) is 6.92. The Morgan fingerprint density at radius 1 is 1.35 bits per heavy atom. The lowest BCUT2D eigenvalue weighted by atomic mass is 10.0. The molecule has 1 fully saturated rings. The summed E-state index contributed by atoms with van der Waals surface area (Å²) in [5, 5.41) is 0. The molecule has 2 N–H and O–H groups in total. The van der Waals surface area contributed by atoms with Crippen LogP contribution in [0.5, 0.6) is 5.75 Å². The molecule has 0 saturated carbocycles. The number of hydrogen-bond donors (Lipinski definition) is 1. The van der Waals surface area contributed by atoms with Crippen molar-refractivity contribution in [2.75, 3.05) is 40.0 Å². The Hall–Kier alpha value is -1.75. The van der Waals surface area contributed by atoms with Crippen molar-refractivity contribution in [1.29, 1.82) is 0 Å². The Labute approximate surface area is 120 Å². The Morgan fingerprint density at radius 3 is 2.55 bits per heavy atom. The Kier molecular flexibility index (Phi) is 4.49. The Balaban J connectivity index is 2.09. The molecule has 5 heteroatoms. The highest BCUT2D eigenvalue weighted by molar-refractivity contribution is 6.00. The van der Waals surface area contributed by atoms with E-state index in [0.717, 1.165) is 25.9 Å². The predicted octanol–water partition coefficient (Wildman–Crippen LogP) is 1.44. The van der Waals surface area contributed by atoms with Gasteiger partial charge in [0.25, 0.3) is 5.91 Å². The molecule has 0 aliphatic carbocycles. The van der Waals surface area contributed by atoms with Crippen LogP contribution in [-0.2, 0) is 0 Å². The van der Waals surface area contributed by atoms with Gasteiger partial charge >= 0.3 is 0 Å². The maximum Gasteiger partial charge on any atom is 0.256 e. The lowest BCUT2D eigenvalue weighted by Gasteiger charge is -2.35. The highest BCUT2D eigenvalue weighted by atomic mass is 16.5. The summed E-state index contributed by atoms with van der Waals surface area (Å²) in [6, 6.07) is 5.89. The lowest BCUT2D eigenvalue weighted by molar-refractivity contribution is 0.0664. The number of likely N-dealkylation sites (tertiary alicyclic amines) is 1. The van der Waals surface area contributed by atoms with Crippen LogP contribution in [0, 0.1) is 0 Å². The summed E-state index contributed by atoms with van der Waals surface area (Å²) < 4.78 is 5.17. The second-order valence-electron chi connectivity index (χ2n) is 5.41. The van der Waals surface area contributed by atoms with Gasteiger partial charge in [-0.3, -0.25) is 4.79 Å². The van der Waals surface area contributed by atoms with Crippen LogP contribution in [0.15, 0.2) is 18.2 Å². The number of nitrogens with zero attached hydrogens (tertiary/aromatic N) is 2. The summed E-state index contributed by atoms with van der Waals surface area (Å²) in [4.78, 5) is 16.6. The summed E-state index contributed by atoms with van der Waals surface area (Å²) in [5.74, 6) is 0.553. The van der Waals surface area contributed by atoms with Gasteiger partial charge in [0.2, 0.25) is 0 Å². The van der Waals surface area contributed by atoms with Crippen LogP contribution < -0.4 is 10.5 Å². The zero-order valence-electron chi connectivity index (χ0n) is 12.4. The zero-order valence-corrected chi connectivity index (χ0v) is 12.4. The minimum atomic E-state index is -0.00129. The minimum absolute atomic E-state index is 0.00129. The molecule has 1 aromatic carbocycles. The third-order valence-corrected chi connectivity index (χ3v) is 4.00. The molecule has 5 nitrogen and oxygen atoms in total. The SMILES string of the molecule is COc1cccc(C(=O)N2CCC(N(C)C)CC2)c1N. The normalized spacial score (nSPS) is 16.5. The van der Waals surface area contributed by atoms with Crippen molar-refractivity contribution >= 4 is 11.6 Å². The van der Waals surface area contributed by atoms with Crippen LogP contribution in [0.2, 0.25) is 0 Å². The van der Waals surface area contributed by atoms with Crippen LogP contribution in [0.4, 0.5) is 5.69 Å². The molecule has 1 aromatic rings. The summed E-state index contributed by atoms with van der Waals surface area (Å²) in [6.07, 6.45) is 2.01. The monoisotopic (exact) mass is 277 g/mol. The van der Waals surface area contributed by atoms with Crippen molar-refractivity contribution < 1.29 is 9.53 Å². The highest BCUT2D eigenvalue weighted by Crippen LogP contribution is 2.27. The van der Waals surface area contributed by atoms with Crippen LogP contribution in [0.3, 0.4) is 0 Å². The van der Waals surface area contributed by atoms with Gasteiger partial charge in [-0.05, 0) is 39.1 Å². The molecule has 1 aliphatic heterocycles. The third kappa shape index (κ3) is 2.88. The van der Waals surface area contributed by atoms with Crippen molar-refractivity contribution in [2.24, 2.45) is 0 Å². The van der Waals surface area contributed by atoms with Gasteiger partial charge in [0.1, 0.15) is 5.75 Å². The maximum absolute atomic E-state index is 12.5. The molecule has 1 heterocycles. The smallest absolute Gasteiger partial charge is 0.256 e. The molecule has 1 saturated heterocycles. The first-order chi connectivity index (χ1) is 9.54. The predicted molar refractivity (Wildman–Crippen MR) is 80.0 cm³/mol. The number of amides is 1. The van der Waals surface area contributed by atoms with Crippen molar-refractivity contribution in [3.05, 3.63) is 23.8 Å². The number of carbonyl (C=O) groups is 1. The van der Waals surface area contributed by atoms with E-state index in [1.807, 2.05) is 4.90 Å². The second-order valence-corrected chi connectivity index (χ2v) is 5.41. The van der Waals surface area contributed by atoms with Gasteiger partial charge < -0.3 is 20.3 Å². The largest absolute Gasteiger partial charge is 0.495 e. The summed E-state index contributed by atoms with van der Waals surface area (Å²) in [7, 11) is 5.73. The van der Waals surface area contributed by atoms with Gasteiger partial charge in [0.15, 0.2) is 0 Å². The zero-order chi connectivity index (χ0) is 14.7. The van der Waals surface area contributed by atoms with Gasteiger partial charge in [-0.15, -0.1) is 0 Å². The first-order valence-corrected chi connectivity index (χ1v) is 6.92. The number of hydrogen-bond acceptors (Lipinski definition) is 4. The number of nitrogen functional groups attached to an aromatic ring is 1. The minimum Gasteiger partial charge on any atom is -0.495 e. The van der Waals surface area contributed by atoms with Gasteiger partial charge in [-0.25, -0.2) is 0 Å². The molecule has 0 radical (unpaired) electrons. The van der Waals surface area contributed by atoms with E-state index >= 15 is 0 Å². The van der Waals surface area contributed by atoms with Crippen molar-refractivity contribution in [3.63, 3.8) is 0 Å².